The molecule has 2 amide bonds. The van der Waals surface area contributed by atoms with E-state index in [0.29, 0.717) is 13.0 Å². The number of carbonyl (C=O) groups excluding carboxylic acids is 2. The number of aromatic amines is 1. The Morgan fingerprint density at radius 3 is 2.75 bits per heavy atom. The number of aromatic nitrogens is 1. The highest BCUT2D eigenvalue weighted by Crippen LogP contribution is 2.17. The second-order valence-corrected chi connectivity index (χ2v) is 4.59. The zero-order valence-corrected chi connectivity index (χ0v) is 11.5. The topological polar surface area (TPSA) is 74.0 Å². The molecule has 0 unspecified atom stereocenters. The van der Waals surface area contributed by atoms with Gasteiger partial charge in [-0.05, 0) is 18.1 Å². The van der Waals surface area contributed by atoms with E-state index in [1.807, 2.05) is 24.4 Å². The highest BCUT2D eigenvalue weighted by molar-refractivity contribution is 5.85. The molecular weight excluding hydrogens is 254 g/mol. The van der Waals surface area contributed by atoms with Gasteiger partial charge in [-0.2, -0.15) is 0 Å². The quantitative estimate of drug-likeness (QED) is 0.743. The number of rotatable bonds is 6. The first-order valence-corrected chi connectivity index (χ1v) is 6.79. The van der Waals surface area contributed by atoms with Gasteiger partial charge >= 0.3 is 0 Å². The third-order valence-corrected chi connectivity index (χ3v) is 3.16. The molecule has 0 spiro atoms. The van der Waals surface area contributed by atoms with Crippen LogP contribution in [0.4, 0.5) is 0 Å². The van der Waals surface area contributed by atoms with Gasteiger partial charge < -0.3 is 15.6 Å². The van der Waals surface area contributed by atoms with Gasteiger partial charge in [-0.3, -0.25) is 9.59 Å². The number of amides is 2. The Morgan fingerprint density at radius 1 is 1.15 bits per heavy atom. The van der Waals surface area contributed by atoms with Crippen molar-refractivity contribution < 1.29 is 9.59 Å². The second-order valence-electron chi connectivity index (χ2n) is 4.59. The Bertz CT molecular complexity index is 604. The molecule has 0 saturated carbocycles. The van der Waals surface area contributed by atoms with Crippen LogP contribution in [0.2, 0.25) is 0 Å². The lowest BCUT2D eigenvalue weighted by Gasteiger charge is -2.05. The Morgan fingerprint density at radius 2 is 1.95 bits per heavy atom. The van der Waals surface area contributed by atoms with E-state index in [1.165, 1.54) is 10.9 Å². The largest absolute Gasteiger partial charge is 0.361 e. The number of benzene rings is 1. The molecule has 0 aliphatic heterocycles. The smallest absolute Gasteiger partial charge is 0.239 e. The van der Waals surface area contributed by atoms with Crippen molar-refractivity contribution in [3.8, 4) is 0 Å². The fraction of sp³-hybridized carbons (Fsp3) is 0.333. The lowest BCUT2D eigenvalue weighted by molar-refractivity contribution is -0.125. The van der Waals surface area contributed by atoms with E-state index in [0.717, 1.165) is 11.9 Å². The number of para-hydroxylation sites is 1. The Kier molecular flexibility index (Phi) is 4.76. The summed E-state index contributed by atoms with van der Waals surface area (Å²) in [5, 5.41) is 6.53. The van der Waals surface area contributed by atoms with Crippen molar-refractivity contribution in [2.45, 2.75) is 19.8 Å². The summed E-state index contributed by atoms with van der Waals surface area (Å²) in [4.78, 5) is 25.8. The van der Waals surface area contributed by atoms with Gasteiger partial charge in [0.2, 0.25) is 11.8 Å². The monoisotopic (exact) mass is 273 g/mol. The molecule has 0 radical (unpaired) electrons. The predicted octanol–water partition coefficient (Wildman–Crippen LogP) is 1.35. The molecule has 1 aromatic carbocycles. The maximum absolute atomic E-state index is 11.5. The number of nitrogens with one attached hydrogen (secondary N) is 3. The third kappa shape index (κ3) is 3.60. The summed E-state index contributed by atoms with van der Waals surface area (Å²) >= 11 is 0. The maximum Gasteiger partial charge on any atom is 0.239 e. The van der Waals surface area contributed by atoms with Gasteiger partial charge in [0.05, 0.1) is 6.54 Å². The van der Waals surface area contributed by atoms with Gasteiger partial charge in [0, 0.05) is 30.1 Å². The summed E-state index contributed by atoms with van der Waals surface area (Å²) in [5.74, 6) is -0.275. The van der Waals surface area contributed by atoms with Crippen LogP contribution >= 0.6 is 0 Å². The molecule has 0 aliphatic rings. The first kappa shape index (κ1) is 14.1. The Balaban J connectivity index is 1.78. The van der Waals surface area contributed by atoms with Crippen LogP contribution in [0.5, 0.6) is 0 Å². The van der Waals surface area contributed by atoms with Gasteiger partial charge in [-0.15, -0.1) is 0 Å². The van der Waals surface area contributed by atoms with Gasteiger partial charge in [0.15, 0.2) is 0 Å². The minimum absolute atomic E-state index is 0.0422. The fourth-order valence-electron chi connectivity index (χ4n) is 2.04. The summed E-state index contributed by atoms with van der Waals surface area (Å²) in [6.45, 7) is 2.35. The van der Waals surface area contributed by atoms with Crippen molar-refractivity contribution >= 4 is 22.7 Å². The summed E-state index contributed by atoms with van der Waals surface area (Å²) in [6, 6.07) is 8.07. The summed E-state index contributed by atoms with van der Waals surface area (Å²) in [7, 11) is 0. The molecule has 106 valence electrons. The molecule has 3 N–H and O–H groups in total. The number of H-pyrrole nitrogens is 1. The molecule has 0 fully saturated rings. The SMILES string of the molecule is CCC(=O)NCC(=O)NCCc1c[nH]c2ccccc12. The number of fused-ring (bicyclic) bond motifs is 1. The maximum atomic E-state index is 11.5. The minimum Gasteiger partial charge on any atom is -0.361 e. The van der Waals surface area contributed by atoms with Gasteiger partial charge in [0.1, 0.15) is 0 Å². The van der Waals surface area contributed by atoms with Crippen molar-refractivity contribution in [2.75, 3.05) is 13.1 Å². The van der Waals surface area contributed by atoms with Crippen LogP contribution in [-0.4, -0.2) is 29.9 Å². The van der Waals surface area contributed by atoms with Crippen LogP contribution in [0.15, 0.2) is 30.5 Å². The van der Waals surface area contributed by atoms with E-state index in [9.17, 15) is 9.59 Å². The van der Waals surface area contributed by atoms with E-state index in [4.69, 9.17) is 0 Å². The molecule has 2 aromatic rings. The predicted molar refractivity (Wildman–Crippen MR) is 78.3 cm³/mol. The molecular formula is C15H19N3O2. The van der Waals surface area contributed by atoms with Gasteiger partial charge in [0.25, 0.3) is 0 Å². The molecule has 1 aromatic heterocycles. The van der Waals surface area contributed by atoms with Crippen LogP contribution < -0.4 is 10.6 Å². The van der Waals surface area contributed by atoms with Crippen molar-refractivity contribution in [1.29, 1.82) is 0 Å². The van der Waals surface area contributed by atoms with Crippen LogP contribution in [0, 0.1) is 0 Å². The van der Waals surface area contributed by atoms with Crippen LogP contribution in [0.1, 0.15) is 18.9 Å². The average molecular weight is 273 g/mol. The normalized spacial score (nSPS) is 10.4. The van der Waals surface area contributed by atoms with Crippen molar-refractivity contribution in [3.05, 3.63) is 36.0 Å². The number of hydrogen-bond acceptors (Lipinski definition) is 2. The standard InChI is InChI=1S/C15H19N3O2/c1-2-14(19)18-10-15(20)16-8-7-11-9-17-13-6-4-3-5-12(11)13/h3-6,9,17H,2,7-8,10H2,1H3,(H,16,20)(H,18,19). The number of carbonyl (C=O) groups is 2. The lowest BCUT2D eigenvalue weighted by Crippen LogP contribution is -2.37. The number of hydrogen-bond donors (Lipinski definition) is 3. The molecule has 5 heteroatoms. The van der Waals surface area contributed by atoms with Crippen molar-refractivity contribution in [3.63, 3.8) is 0 Å². The molecule has 2 rings (SSSR count). The van der Waals surface area contributed by atoms with Crippen LogP contribution in [0.3, 0.4) is 0 Å². The van der Waals surface area contributed by atoms with Crippen LogP contribution in [0.25, 0.3) is 10.9 Å². The average Bonchev–Trinajstić information content (AvgIpc) is 2.88. The van der Waals surface area contributed by atoms with E-state index in [2.05, 4.69) is 21.7 Å². The summed E-state index contributed by atoms with van der Waals surface area (Å²) in [5.41, 5.74) is 2.28. The molecule has 20 heavy (non-hydrogen) atoms. The minimum atomic E-state index is -0.161. The fourth-order valence-corrected chi connectivity index (χ4v) is 2.04. The van der Waals surface area contributed by atoms with Crippen LogP contribution in [-0.2, 0) is 16.0 Å². The van der Waals surface area contributed by atoms with Gasteiger partial charge in [-0.1, -0.05) is 25.1 Å². The molecule has 1 heterocycles. The molecule has 0 bridgehead atoms. The summed E-state index contributed by atoms with van der Waals surface area (Å²) < 4.78 is 0. The Hall–Kier alpha value is -2.30. The molecule has 0 aliphatic carbocycles. The third-order valence-electron chi connectivity index (χ3n) is 3.16. The molecule has 5 nitrogen and oxygen atoms in total. The first-order valence-electron chi connectivity index (χ1n) is 6.79. The lowest BCUT2D eigenvalue weighted by atomic mass is 10.1. The highest BCUT2D eigenvalue weighted by atomic mass is 16.2. The van der Waals surface area contributed by atoms with E-state index in [-0.39, 0.29) is 18.4 Å². The summed E-state index contributed by atoms with van der Waals surface area (Å²) in [6.07, 6.45) is 3.12. The van der Waals surface area contributed by atoms with Gasteiger partial charge in [-0.25, -0.2) is 0 Å². The first-order chi connectivity index (χ1) is 9.70. The van der Waals surface area contributed by atoms with E-state index < -0.39 is 0 Å². The highest BCUT2D eigenvalue weighted by Gasteiger charge is 2.05. The van der Waals surface area contributed by atoms with E-state index in [1.54, 1.807) is 6.92 Å². The zero-order valence-electron chi connectivity index (χ0n) is 11.5. The molecule has 0 atom stereocenters. The molecule has 0 saturated heterocycles. The second kappa shape index (κ2) is 6.75. The zero-order chi connectivity index (χ0) is 14.4. The van der Waals surface area contributed by atoms with E-state index >= 15 is 0 Å². The van der Waals surface area contributed by atoms with Crippen molar-refractivity contribution in [1.82, 2.24) is 15.6 Å². The van der Waals surface area contributed by atoms with Crippen molar-refractivity contribution in [2.24, 2.45) is 0 Å². The Labute approximate surface area is 117 Å².